The Morgan fingerprint density at radius 1 is 0.698 bits per heavy atom. The van der Waals surface area contributed by atoms with Crippen LogP contribution in [-0.2, 0) is 18.5 Å². The summed E-state index contributed by atoms with van der Waals surface area (Å²) in [7, 11) is 3.40. The van der Waals surface area contributed by atoms with Gasteiger partial charge < -0.3 is 9.47 Å². The van der Waals surface area contributed by atoms with Crippen LogP contribution in [0.2, 0.25) is 0 Å². The van der Waals surface area contributed by atoms with Crippen LogP contribution in [0.25, 0.3) is 22.5 Å². The topological polar surface area (TPSA) is 85.9 Å². The van der Waals surface area contributed by atoms with Gasteiger partial charge in [-0.05, 0) is 62.7 Å². The average molecular weight is 699 g/mol. The van der Waals surface area contributed by atoms with Gasteiger partial charge >= 0.3 is 0 Å². The van der Waals surface area contributed by atoms with Gasteiger partial charge in [0.15, 0.2) is 5.82 Å². The van der Waals surface area contributed by atoms with Crippen LogP contribution in [0.1, 0.15) is 58.1 Å². The molecule has 5 aromatic carbocycles. The number of aryl methyl sites for hydroxylation is 1. The quantitative estimate of drug-likeness (QED) is 0.120. The molecule has 0 unspecified atom stereocenters. The molecule has 2 heterocycles. The molecule has 264 valence electrons. The van der Waals surface area contributed by atoms with E-state index in [9.17, 15) is 9.59 Å². The third-order valence-electron chi connectivity index (χ3n) is 9.79. The summed E-state index contributed by atoms with van der Waals surface area (Å²) >= 11 is 0. The number of benzene rings is 5. The fourth-order valence-electron chi connectivity index (χ4n) is 7.17. The largest absolute Gasteiger partial charge is 0.345 e. The summed E-state index contributed by atoms with van der Waals surface area (Å²) in [4.78, 5) is 27.6. The molecule has 7 aromatic rings. The first-order valence-corrected chi connectivity index (χ1v) is 18.0. The van der Waals surface area contributed by atoms with Crippen LogP contribution in [-0.4, -0.2) is 49.7 Å². The highest BCUT2D eigenvalue weighted by Crippen LogP contribution is 2.43. The summed E-state index contributed by atoms with van der Waals surface area (Å²) in [6, 6.07) is 50.9. The van der Waals surface area contributed by atoms with Crippen molar-refractivity contribution in [3.63, 3.8) is 0 Å². The molecule has 0 aliphatic rings. The van der Waals surface area contributed by atoms with Gasteiger partial charge in [-0.25, -0.2) is 4.68 Å². The maximum Gasteiger partial charge on any atom is 0.253 e. The lowest BCUT2D eigenvalue weighted by Gasteiger charge is -2.36. The minimum atomic E-state index is -0.880. The van der Waals surface area contributed by atoms with Crippen molar-refractivity contribution in [2.24, 2.45) is 0 Å². The first-order chi connectivity index (χ1) is 25.9. The second-order valence-electron chi connectivity index (χ2n) is 13.4. The van der Waals surface area contributed by atoms with Gasteiger partial charge in [0, 0.05) is 37.0 Å². The monoisotopic (exact) mass is 698 g/mol. The van der Waals surface area contributed by atoms with Crippen molar-refractivity contribution in [2.45, 2.75) is 38.3 Å². The number of aromatic nitrogens is 5. The lowest BCUT2D eigenvalue weighted by molar-refractivity contribution is 0.0827. The number of tetrazole rings is 1. The molecule has 2 aromatic heterocycles. The van der Waals surface area contributed by atoms with Crippen LogP contribution < -0.4 is 5.56 Å². The van der Waals surface area contributed by atoms with E-state index in [1.807, 2.05) is 77.5 Å². The predicted octanol–water partition coefficient (Wildman–Crippen LogP) is 8.10. The van der Waals surface area contributed by atoms with Crippen molar-refractivity contribution in [1.29, 1.82) is 0 Å². The van der Waals surface area contributed by atoms with E-state index in [-0.39, 0.29) is 11.5 Å². The number of carbonyl (C=O) groups excluding carboxylic acids is 1. The first kappa shape index (κ1) is 35.0. The molecule has 0 saturated carbocycles. The minimum absolute atomic E-state index is 0.172. The fraction of sp³-hybridized carbons (Fsp3) is 0.178. The number of hydrogen-bond donors (Lipinski definition) is 0. The van der Waals surface area contributed by atoms with Crippen molar-refractivity contribution in [3.8, 4) is 22.5 Å². The Balaban J connectivity index is 1.31. The van der Waals surface area contributed by atoms with Gasteiger partial charge in [-0.15, -0.1) is 5.10 Å². The zero-order valence-corrected chi connectivity index (χ0v) is 30.3. The van der Waals surface area contributed by atoms with Crippen LogP contribution in [0.4, 0.5) is 0 Å². The number of pyridine rings is 1. The molecule has 8 nitrogen and oxygen atoms in total. The number of rotatable bonds is 12. The summed E-state index contributed by atoms with van der Waals surface area (Å²) in [5.74, 6) is 0.454. The zero-order valence-electron chi connectivity index (χ0n) is 30.3. The van der Waals surface area contributed by atoms with Gasteiger partial charge in [0.2, 0.25) is 0 Å². The van der Waals surface area contributed by atoms with Crippen LogP contribution in [0.5, 0.6) is 0 Å². The minimum Gasteiger partial charge on any atom is -0.345 e. The molecule has 0 N–H and O–H groups in total. The van der Waals surface area contributed by atoms with E-state index in [0.717, 1.165) is 63.9 Å². The molecule has 53 heavy (non-hydrogen) atoms. The van der Waals surface area contributed by atoms with E-state index in [1.165, 1.54) is 11.0 Å². The molecule has 0 radical (unpaired) electrons. The highest BCUT2D eigenvalue weighted by Gasteiger charge is 2.42. The lowest BCUT2D eigenvalue weighted by atomic mass is 9.77. The molecule has 0 bridgehead atoms. The van der Waals surface area contributed by atoms with Crippen molar-refractivity contribution in [2.75, 3.05) is 14.1 Å². The molecule has 8 heteroatoms. The van der Waals surface area contributed by atoms with Gasteiger partial charge in [-0.1, -0.05) is 153 Å². The molecule has 7 rings (SSSR count). The van der Waals surface area contributed by atoms with E-state index in [0.29, 0.717) is 17.9 Å². The van der Waals surface area contributed by atoms with Crippen LogP contribution in [0, 0.1) is 0 Å². The van der Waals surface area contributed by atoms with E-state index in [1.54, 1.807) is 18.7 Å². The molecular weight excluding hydrogens is 657 g/mol. The second-order valence-corrected chi connectivity index (χ2v) is 13.4. The summed E-state index contributed by atoms with van der Waals surface area (Å²) in [6.45, 7) is 2.53. The highest BCUT2D eigenvalue weighted by atomic mass is 16.2. The zero-order chi connectivity index (χ0) is 36.8. The Morgan fingerprint density at radius 3 is 1.79 bits per heavy atom. The van der Waals surface area contributed by atoms with Gasteiger partial charge in [0.05, 0.1) is 6.54 Å². The predicted molar refractivity (Wildman–Crippen MR) is 210 cm³/mol. The van der Waals surface area contributed by atoms with Gasteiger partial charge in [-0.2, -0.15) is 0 Å². The van der Waals surface area contributed by atoms with Crippen molar-refractivity contribution in [3.05, 3.63) is 196 Å². The maximum absolute atomic E-state index is 13.4. The Kier molecular flexibility index (Phi) is 10.2. The van der Waals surface area contributed by atoms with Crippen LogP contribution in [0.15, 0.2) is 156 Å². The summed E-state index contributed by atoms with van der Waals surface area (Å²) in [6.07, 6.45) is 2.63. The van der Waals surface area contributed by atoms with E-state index in [4.69, 9.17) is 10.3 Å². The number of nitrogens with zero attached hydrogens (tertiary/aromatic N) is 6. The molecule has 0 saturated heterocycles. The number of amides is 1. The molecule has 0 fully saturated rings. The lowest BCUT2D eigenvalue weighted by Crippen LogP contribution is -2.39. The molecule has 0 aliphatic carbocycles. The van der Waals surface area contributed by atoms with Gasteiger partial charge in [0.25, 0.3) is 11.5 Å². The summed E-state index contributed by atoms with van der Waals surface area (Å²) in [5, 5.41) is 13.8. The van der Waals surface area contributed by atoms with E-state index >= 15 is 0 Å². The number of hydrogen-bond acceptors (Lipinski definition) is 5. The molecule has 1 amide bonds. The average Bonchev–Trinajstić information content (AvgIpc) is 3.69. The Bertz CT molecular complexity index is 2270. The Morgan fingerprint density at radius 2 is 1.25 bits per heavy atom. The molecule has 0 aliphatic heterocycles. The molecule has 0 atom stereocenters. The number of carbonyl (C=O) groups is 1. The van der Waals surface area contributed by atoms with Crippen molar-refractivity contribution >= 4 is 5.91 Å². The third-order valence-corrected chi connectivity index (χ3v) is 9.79. The summed E-state index contributed by atoms with van der Waals surface area (Å²) in [5.41, 5.74) is 7.16. The highest BCUT2D eigenvalue weighted by molar-refractivity contribution is 5.93. The molecular formula is C45H42N6O2. The van der Waals surface area contributed by atoms with Crippen LogP contribution in [0.3, 0.4) is 0 Å². The van der Waals surface area contributed by atoms with Gasteiger partial charge in [0.1, 0.15) is 5.54 Å². The Labute approximate surface area is 310 Å². The van der Waals surface area contributed by atoms with Crippen molar-refractivity contribution in [1.82, 2.24) is 29.7 Å². The normalized spacial score (nSPS) is 11.4. The van der Waals surface area contributed by atoms with Crippen molar-refractivity contribution < 1.29 is 4.79 Å². The smallest absolute Gasteiger partial charge is 0.253 e. The maximum atomic E-state index is 13.4. The SMILES string of the molecule is CCCCc1cc(C(=O)N(C)C)cc(=O)n1Cc1ccc(-c2ccccc2-c2nnnn2C(c2ccccc2)(c2ccccc2)c2ccccc2)cc1. The number of unbranched alkanes of at least 4 members (excludes halogenated alkanes) is 1. The molecule has 0 spiro atoms. The van der Waals surface area contributed by atoms with Gasteiger partial charge in [-0.3, -0.25) is 9.59 Å². The standard InChI is InChI=1S/C45H42N6O2/c1-4-5-23-39-30-35(44(53)49(2)3)31-42(52)50(39)32-33-26-28-34(29-27-33)40-24-15-16-25-41(40)43-46-47-48-51(43)45(36-17-9-6-10-18-36,37-19-11-7-12-20-37)38-21-13-8-14-22-38/h6-22,24-31H,4-5,23,32H2,1-3H3. The third kappa shape index (κ3) is 6.83. The van der Waals surface area contributed by atoms with Crippen LogP contribution >= 0.6 is 0 Å². The summed E-state index contributed by atoms with van der Waals surface area (Å²) < 4.78 is 3.74. The van der Waals surface area contributed by atoms with E-state index in [2.05, 4.69) is 84.9 Å². The fourth-order valence-corrected chi connectivity index (χ4v) is 7.17. The first-order valence-electron chi connectivity index (χ1n) is 18.0. The Hall–Kier alpha value is -6.41. The van der Waals surface area contributed by atoms with E-state index < -0.39 is 5.54 Å². The second kappa shape index (κ2) is 15.5.